The van der Waals surface area contributed by atoms with Crippen molar-refractivity contribution in [1.29, 1.82) is 0 Å². The van der Waals surface area contributed by atoms with E-state index < -0.39 is 0 Å². The van der Waals surface area contributed by atoms with Crippen LogP contribution in [0.3, 0.4) is 0 Å². The third-order valence-corrected chi connectivity index (χ3v) is 2.87. The average Bonchev–Trinajstić information content (AvgIpc) is 2.45. The summed E-state index contributed by atoms with van der Waals surface area (Å²) in [7, 11) is 1.58. The number of anilines is 1. The highest BCUT2D eigenvalue weighted by Gasteiger charge is 2.12. The molecule has 2 N–H and O–H groups in total. The first-order valence-corrected chi connectivity index (χ1v) is 6.00. The molecular formula is C15H16FNO2. The van der Waals surface area contributed by atoms with E-state index in [4.69, 9.17) is 4.74 Å². The predicted molar refractivity (Wildman–Crippen MR) is 72.8 cm³/mol. The molecule has 0 aliphatic carbocycles. The van der Waals surface area contributed by atoms with E-state index in [2.05, 4.69) is 5.32 Å². The second-order valence-corrected chi connectivity index (χ2v) is 4.13. The van der Waals surface area contributed by atoms with E-state index in [1.807, 2.05) is 24.3 Å². The van der Waals surface area contributed by atoms with Crippen molar-refractivity contribution in [3.8, 4) is 5.75 Å². The highest BCUT2D eigenvalue weighted by atomic mass is 19.1. The maximum Gasteiger partial charge on any atom is 0.141 e. The number of hydrogen-bond acceptors (Lipinski definition) is 3. The van der Waals surface area contributed by atoms with Gasteiger partial charge in [0.15, 0.2) is 0 Å². The van der Waals surface area contributed by atoms with Crippen LogP contribution < -0.4 is 10.1 Å². The second-order valence-electron chi connectivity index (χ2n) is 4.13. The molecule has 19 heavy (non-hydrogen) atoms. The van der Waals surface area contributed by atoms with Crippen molar-refractivity contribution in [2.24, 2.45) is 0 Å². The Morgan fingerprint density at radius 1 is 1.21 bits per heavy atom. The Morgan fingerprint density at radius 2 is 2.00 bits per heavy atom. The molecule has 2 aromatic carbocycles. The monoisotopic (exact) mass is 261 g/mol. The Bertz CT molecular complexity index is 545. The standard InChI is InChI=1S/C15H16FNO2/c1-19-15-8-3-2-7-13(15)17-14(10-18)11-5-4-6-12(16)9-11/h2-9,14,17-18H,10H2,1H3. The molecule has 1 unspecified atom stereocenters. The minimum absolute atomic E-state index is 0.137. The molecule has 2 aromatic rings. The molecule has 0 amide bonds. The van der Waals surface area contributed by atoms with Crippen LogP contribution >= 0.6 is 0 Å². The molecule has 0 saturated heterocycles. The van der Waals surface area contributed by atoms with Crippen molar-refractivity contribution in [2.75, 3.05) is 19.0 Å². The fraction of sp³-hybridized carbons (Fsp3) is 0.200. The molecule has 0 aliphatic rings. The summed E-state index contributed by atoms with van der Waals surface area (Å²) in [4.78, 5) is 0. The number of aliphatic hydroxyl groups excluding tert-OH is 1. The van der Waals surface area contributed by atoms with Gasteiger partial charge in [-0.05, 0) is 29.8 Å². The van der Waals surface area contributed by atoms with Gasteiger partial charge in [-0.2, -0.15) is 0 Å². The van der Waals surface area contributed by atoms with E-state index in [-0.39, 0.29) is 18.5 Å². The Morgan fingerprint density at radius 3 is 2.68 bits per heavy atom. The van der Waals surface area contributed by atoms with Gasteiger partial charge in [0, 0.05) is 0 Å². The van der Waals surface area contributed by atoms with Gasteiger partial charge in [0.1, 0.15) is 11.6 Å². The lowest BCUT2D eigenvalue weighted by Crippen LogP contribution is -2.15. The summed E-state index contributed by atoms with van der Waals surface area (Å²) in [5.41, 5.74) is 1.45. The van der Waals surface area contributed by atoms with Crippen molar-refractivity contribution in [1.82, 2.24) is 0 Å². The zero-order valence-corrected chi connectivity index (χ0v) is 10.6. The lowest BCUT2D eigenvalue weighted by Gasteiger charge is -2.19. The molecule has 0 aliphatic heterocycles. The Labute approximate surface area is 111 Å². The van der Waals surface area contributed by atoms with Crippen molar-refractivity contribution in [2.45, 2.75) is 6.04 Å². The molecule has 0 aromatic heterocycles. The zero-order chi connectivity index (χ0) is 13.7. The molecule has 1 atom stereocenters. The highest BCUT2D eigenvalue weighted by molar-refractivity contribution is 5.57. The number of ether oxygens (including phenoxy) is 1. The van der Waals surface area contributed by atoms with Crippen molar-refractivity contribution in [3.05, 3.63) is 59.9 Å². The van der Waals surface area contributed by atoms with E-state index in [0.29, 0.717) is 11.3 Å². The quantitative estimate of drug-likeness (QED) is 0.869. The highest BCUT2D eigenvalue weighted by Crippen LogP contribution is 2.27. The molecule has 0 heterocycles. The normalized spacial score (nSPS) is 11.9. The first kappa shape index (κ1) is 13.4. The van der Waals surface area contributed by atoms with Crippen LogP contribution in [0, 0.1) is 5.82 Å². The van der Waals surface area contributed by atoms with Crippen molar-refractivity contribution in [3.63, 3.8) is 0 Å². The van der Waals surface area contributed by atoms with Crippen molar-refractivity contribution < 1.29 is 14.2 Å². The van der Waals surface area contributed by atoms with E-state index in [0.717, 1.165) is 5.69 Å². The van der Waals surface area contributed by atoms with Crippen LogP contribution in [-0.2, 0) is 0 Å². The van der Waals surface area contributed by atoms with Crippen LogP contribution in [0.2, 0.25) is 0 Å². The number of methoxy groups -OCH3 is 1. The molecule has 0 radical (unpaired) electrons. The number of aliphatic hydroxyl groups is 1. The smallest absolute Gasteiger partial charge is 0.141 e. The first-order valence-electron chi connectivity index (χ1n) is 6.00. The topological polar surface area (TPSA) is 41.5 Å². The van der Waals surface area contributed by atoms with E-state index >= 15 is 0 Å². The number of hydrogen-bond donors (Lipinski definition) is 2. The Kier molecular flexibility index (Phi) is 4.36. The van der Waals surface area contributed by atoms with Crippen LogP contribution in [-0.4, -0.2) is 18.8 Å². The Hall–Kier alpha value is -2.07. The van der Waals surface area contributed by atoms with Gasteiger partial charge in [-0.1, -0.05) is 24.3 Å². The number of nitrogens with one attached hydrogen (secondary N) is 1. The van der Waals surface area contributed by atoms with E-state index in [1.54, 1.807) is 19.2 Å². The number of halogens is 1. The summed E-state index contributed by atoms with van der Waals surface area (Å²) in [6.07, 6.45) is 0. The van der Waals surface area contributed by atoms with Crippen LogP contribution in [0.25, 0.3) is 0 Å². The number of rotatable bonds is 5. The van der Waals surface area contributed by atoms with Gasteiger partial charge >= 0.3 is 0 Å². The first-order chi connectivity index (χ1) is 9.24. The molecule has 0 fully saturated rings. The van der Waals surface area contributed by atoms with Crippen LogP contribution in [0.4, 0.5) is 10.1 Å². The fourth-order valence-corrected chi connectivity index (χ4v) is 1.91. The van der Waals surface area contributed by atoms with Gasteiger partial charge in [0.25, 0.3) is 0 Å². The molecular weight excluding hydrogens is 245 g/mol. The largest absolute Gasteiger partial charge is 0.495 e. The summed E-state index contributed by atoms with van der Waals surface area (Å²) in [5, 5.41) is 12.6. The predicted octanol–water partition coefficient (Wildman–Crippen LogP) is 2.98. The molecule has 3 nitrogen and oxygen atoms in total. The minimum Gasteiger partial charge on any atom is -0.495 e. The summed E-state index contributed by atoms with van der Waals surface area (Å²) >= 11 is 0. The number of para-hydroxylation sites is 2. The summed E-state index contributed by atoms with van der Waals surface area (Å²) in [6.45, 7) is -0.137. The molecule has 0 saturated carbocycles. The maximum absolute atomic E-state index is 13.2. The Balaban J connectivity index is 2.24. The third kappa shape index (κ3) is 3.23. The summed E-state index contributed by atoms with van der Waals surface area (Å²) in [6, 6.07) is 13.2. The third-order valence-electron chi connectivity index (χ3n) is 2.87. The zero-order valence-electron chi connectivity index (χ0n) is 10.6. The number of benzene rings is 2. The van der Waals surface area contributed by atoms with E-state index in [1.165, 1.54) is 12.1 Å². The van der Waals surface area contributed by atoms with Crippen molar-refractivity contribution >= 4 is 5.69 Å². The summed E-state index contributed by atoms with van der Waals surface area (Å²) in [5.74, 6) is 0.357. The van der Waals surface area contributed by atoms with Crippen LogP contribution in [0.15, 0.2) is 48.5 Å². The minimum atomic E-state index is -0.382. The van der Waals surface area contributed by atoms with Crippen LogP contribution in [0.5, 0.6) is 5.75 Å². The van der Waals surface area contributed by atoms with Gasteiger partial charge in [-0.3, -0.25) is 0 Å². The average molecular weight is 261 g/mol. The molecule has 100 valence electrons. The molecule has 4 heteroatoms. The summed E-state index contributed by atoms with van der Waals surface area (Å²) < 4.78 is 18.4. The van der Waals surface area contributed by atoms with Gasteiger partial charge in [0.2, 0.25) is 0 Å². The molecule has 0 bridgehead atoms. The molecule has 0 spiro atoms. The van der Waals surface area contributed by atoms with Gasteiger partial charge in [-0.15, -0.1) is 0 Å². The lowest BCUT2D eigenvalue weighted by molar-refractivity contribution is 0.276. The fourth-order valence-electron chi connectivity index (χ4n) is 1.91. The van der Waals surface area contributed by atoms with E-state index in [9.17, 15) is 9.50 Å². The lowest BCUT2D eigenvalue weighted by atomic mass is 10.1. The molecule has 2 rings (SSSR count). The van der Waals surface area contributed by atoms with Crippen LogP contribution in [0.1, 0.15) is 11.6 Å². The SMILES string of the molecule is COc1ccccc1NC(CO)c1cccc(F)c1. The second kappa shape index (κ2) is 6.20. The van der Waals surface area contributed by atoms with Gasteiger partial charge < -0.3 is 15.2 Å². The van der Waals surface area contributed by atoms with Gasteiger partial charge in [-0.25, -0.2) is 4.39 Å². The van der Waals surface area contributed by atoms with Gasteiger partial charge in [0.05, 0.1) is 25.4 Å². The maximum atomic E-state index is 13.2.